The van der Waals surface area contributed by atoms with Crippen molar-refractivity contribution >= 4 is 11.6 Å². The number of carbonyl (C=O) groups is 1. The first kappa shape index (κ1) is 24.2. The third kappa shape index (κ3) is 5.20. The smallest absolute Gasteiger partial charge is 0.265 e. The van der Waals surface area contributed by atoms with Crippen LogP contribution in [0.1, 0.15) is 25.3 Å². The fourth-order valence-electron chi connectivity index (χ4n) is 5.38. The zero-order chi connectivity index (χ0) is 24.4. The standard InChI is InChI=1S/C27H38N4O4/c1-27(31-14-16-34-17-15-31)8-6-21(7-9-27)28-26(32)24-5-4-20-18-22(33-3)19-23(25(20)35-24)30-12-10-29(2)11-13-30/h6-8,18-19,24H,4-5,9-17H2,1-3H3,(H,28,32). The molecule has 1 amide bonds. The van der Waals surface area contributed by atoms with Crippen LogP contribution in [0.5, 0.6) is 11.5 Å². The highest BCUT2D eigenvalue weighted by molar-refractivity contribution is 5.84. The van der Waals surface area contributed by atoms with Crippen molar-refractivity contribution in [3.05, 3.63) is 41.6 Å². The lowest BCUT2D eigenvalue weighted by Gasteiger charge is -2.42. The Labute approximate surface area is 208 Å². The molecule has 0 saturated carbocycles. The van der Waals surface area contributed by atoms with Crippen LogP contribution in [0.2, 0.25) is 0 Å². The van der Waals surface area contributed by atoms with Crippen LogP contribution in [0, 0.1) is 0 Å². The van der Waals surface area contributed by atoms with Gasteiger partial charge in [0.1, 0.15) is 11.5 Å². The molecule has 0 radical (unpaired) electrons. The van der Waals surface area contributed by atoms with E-state index in [1.165, 1.54) is 0 Å². The third-order valence-corrected chi connectivity index (χ3v) is 7.79. The Kier molecular flexibility index (Phi) is 7.05. The lowest BCUT2D eigenvalue weighted by atomic mass is 9.90. The predicted octanol–water partition coefficient (Wildman–Crippen LogP) is 2.19. The van der Waals surface area contributed by atoms with Gasteiger partial charge in [0.2, 0.25) is 0 Å². The second-order valence-electron chi connectivity index (χ2n) is 10.2. The molecule has 3 aliphatic heterocycles. The summed E-state index contributed by atoms with van der Waals surface area (Å²) in [7, 11) is 3.85. The lowest BCUT2D eigenvalue weighted by molar-refractivity contribution is -0.127. The van der Waals surface area contributed by atoms with E-state index in [0.717, 1.165) is 93.8 Å². The topological polar surface area (TPSA) is 66.5 Å². The van der Waals surface area contributed by atoms with E-state index in [-0.39, 0.29) is 11.4 Å². The van der Waals surface area contributed by atoms with Crippen molar-refractivity contribution in [2.75, 3.05) is 71.5 Å². The molecule has 3 heterocycles. The van der Waals surface area contributed by atoms with Gasteiger partial charge in [0.25, 0.3) is 5.91 Å². The lowest BCUT2D eigenvalue weighted by Crippen LogP contribution is -2.51. The molecule has 1 N–H and O–H groups in total. The number of hydrogen-bond acceptors (Lipinski definition) is 7. The van der Waals surface area contributed by atoms with Crippen molar-refractivity contribution in [1.82, 2.24) is 15.1 Å². The van der Waals surface area contributed by atoms with Crippen molar-refractivity contribution < 1.29 is 19.0 Å². The first-order valence-electron chi connectivity index (χ1n) is 12.8. The summed E-state index contributed by atoms with van der Waals surface area (Å²) in [6.45, 7) is 9.53. The number of likely N-dealkylation sites (N-methyl/N-ethyl adjacent to an activating group) is 1. The number of morpholine rings is 1. The summed E-state index contributed by atoms with van der Waals surface area (Å²) in [5, 5.41) is 3.11. The van der Waals surface area contributed by atoms with Crippen LogP contribution in [-0.4, -0.2) is 94.0 Å². The van der Waals surface area contributed by atoms with E-state index in [0.29, 0.717) is 6.42 Å². The van der Waals surface area contributed by atoms with Gasteiger partial charge < -0.3 is 29.3 Å². The number of ether oxygens (including phenoxy) is 3. The molecular weight excluding hydrogens is 444 g/mol. The first-order valence-corrected chi connectivity index (χ1v) is 12.8. The number of allylic oxidation sites excluding steroid dienone is 1. The first-order chi connectivity index (χ1) is 16.9. The zero-order valence-electron chi connectivity index (χ0n) is 21.2. The van der Waals surface area contributed by atoms with Gasteiger partial charge in [-0.15, -0.1) is 0 Å². The molecule has 0 aromatic heterocycles. The van der Waals surface area contributed by atoms with Crippen LogP contribution in [0.15, 0.2) is 36.1 Å². The van der Waals surface area contributed by atoms with E-state index in [2.05, 4.69) is 46.1 Å². The molecule has 2 unspecified atom stereocenters. The molecule has 4 aliphatic rings. The number of nitrogens with one attached hydrogen (secondary N) is 1. The van der Waals surface area contributed by atoms with E-state index < -0.39 is 6.10 Å². The summed E-state index contributed by atoms with van der Waals surface area (Å²) in [5.41, 5.74) is 2.96. The second-order valence-corrected chi connectivity index (χ2v) is 10.2. The number of methoxy groups -OCH3 is 1. The molecule has 2 fully saturated rings. The third-order valence-electron chi connectivity index (χ3n) is 7.79. The summed E-state index contributed by atoms with van der Waals surface area (Å²) in [6.07, 6.45) is 8.16. The van der Waals surface area contributed by atoms with Gasteiger partial charge in [-0.2, -0.15) is 0 Å². The Hall–Kier alpha value is -2.55. The molecule has 1 aliphatic carbocycles. The van der Waals surface area contributed by atoms with Crippen molar-refractivity contribution in [2.45, 2.75) is 37.8 Å². The van der Waals surface area contributed by atoms with Crippen LogP contribution in [0.4, 0.5) is 5.69 Å². The van der Waals surface area contributed by atoms with E-state index in [1.807, 2.05) is 18.2 Å². The number of aryl methyl sites for hydroxylation is 1. The molecule has 1 aromatic carbocycles. The molecule has 8 nitrogen and oxygen atoms in total. The largest absolute Gasteiger partial charge is 0.497 e. The molecule has 1 aromatic rings. The quantitative estimate of drug-likeness (QED) is 0.690. The zero-order valence-corrected chi connectivity index (χ0v) is 21.2. The summed E-state index contributed by atoms with van der Waals surface area (Å²) in [4.78, 5) is 20.3. The van der Waals surface area contributed by atoms with Crippen LogP contribution in [0.3, 0.4) is 0 Å². The van der Waals surface area contributed by atoms with E-state index >= 15 is 0 Å². The number of amides is 1. The SMILES string of the molecule is COc1cc2c(c(N3CCN(C)CC3)c1)OC(C(=O)NC1=CCC(C)(N3CCOCC3)C=C1)CC2. The Balaban J connectivity index is 1.26. The van der Waals surface area contributed by atoms with E-state index in [4.69, 9.17) is 14.2 Å². The number of rotatable bonds is 5. The molecular formula is C27H38N4O4. The Bertz CT molecular complexity index is 995. The van der Waals surface area contributed by atoms with Gasteiger partial charge in [-0.25, -0.2) is 0 Å². The number of carbonyl (C=O) groups excluding carboxylic acids is 1. The number of benzene rings is 1. The molecule has 0 bridgehead atoms. The molecule has 5 rings (SSSR count). The van der Waals surface area contributed by atoms with E-state index in [1.54, 1.807) is 7.11 Å². The van der Waals surface area contributed by atoms with Gasteiger partial charge in [0.05, 0.1) is 26.0 Å². The van der Waals surface area contributed by atoms with Gasteiger partial charge in [-0.3, -0.25) is 9.69 Å². The number of piperazine rings is 1. The van der Waals surface area contributed by atoms with Gasteiger partial charge >= 0.3 is 0 Å². The van der Waals surface area contributed by atoms with Gasteiger partial charge in [0.15, 0.2) is 6.10 Å². The number of hydrogen-bond donors (Lipinski definition) is 1. The maximum absolute atomic E-state index is 13.2. The highest BCUT2D eigenvalue weighted by Crippen LogP contribution is 2.41. The maximum atomic E-state index is 13.2. The number of nitrogens with zero attached hydrogens (tertiary/aromatic N) is 3. The number of anilines is 1. The maximum Gasteiger partial charge on any atom is 0.265 e. The molecule has 190 valence electrons. The molecule has 35 heavy (non-hydrogen) atoms. The Morgan fingerprint density at radius 1 is 1.14 bits per heavy atom. The average Bonchev–Trinajstić information content (AvgIpc) is 2.90. The minimum absolute atomic E-state index is 0.0330. The van der Waals surface area contributed by atoms with Crippen molar-refractivity contribution in [3.8, 4) is 11.5 Å². The van der Waals surface area contributed by atoms with Crippen LogP contribution in [0.25, 0.3) is 0 Å². The highest BCUT2D eigenvalue weighted by atomic mass is 16.5. The minimum Gasteiger partial charge on any atom is -0.497 e. The number of fused-ring (bicyclic) bond motifs is 1. The summed E-state index contributed by atoms with van der Waals surface area (Å²) < 4.78 is 17.5. The predicted molar refractivity (Wildman–Crippen MR) is 136 cm³/mol. The minimum atomic E-state index is -0.510. The van der Waals surface area contributed by atoms with Crippen LogP contribution < -0.4 is 19.7 Å². The fraction of sp³-hybridized carbons (Fsp3) is 0.593. The van der Waals surface area contributed by atoms with Crippen molar-refractivity contribution in [1.29, 1.82) is 0 Å². The second kappa shape index (κ2) is 10.2. The highest BCUT2D eigenvalue weighted by Gasteiger charge is 2.33. The van der Waals surface area contributed by atoms with Gasteiger partial charge in [-0.05, 0) is 45.4 Å². The van der Waals surface area contributed by atoms with E-state index in [9.17, 15) is 4.79 Å². The van der Waals surface area contributed by atoms with Crippen molar-refractivity contribution in [3.63, 3.8) is 0 Å². The van der Waals surface area contributed by atoms with Crippen LogP contribution >= 0.6 is 0 Å². The summed E-state index contributed by atoms with van der Waals surface area (Å²) >= 11 is 0. The Morgan fingerprint density at radius 3 is 2.60 bits per heavy atom. The van der Waals surface area contributed by atoms with Gasteiger partial charge in [-0.1, -0.05) is 12.2 Å². The normalized spacial score (nSPS) is 27.6. The Morgan fingerprint density at radius 2 is 1.91 bits per heavy atom. The molecule has 8 heteroatoms. The summed E-state index contributed by atoms with van der Waals surface area (Å²) in [6, 6.07) is 4.09. The van der Waals surface area contributed by atoms with Gasteiger partial charge in [0, 0.05) is 62.1 Å². The fourth-order valence-corrected chi connectivity index (χ4v) is 5.38. The van der Waals surface area contributed by atoms with Crippen LogP contribution in [-0.2, 0) is 16.0 Å². The average molecular weight is 483 g/mol. The van der Waals surface area contributed by atoms with Crippen molar-refractivity contribution in [2.24, 2.45) is 0 Å². The summed E-state index contributed by atoms with van der Waals surface area (Å²) in [5.74, 6) is 1.58. The molecule has 2 atom stereocenters. The molecule has 2 saturated heterocycles. The molecule has 0 spiro atoms. The monoisotopic (exact) mass is 482 g/mol.